The molecule has 0 amide bonds. The fraction of sp³-hybridized carbons (Fsp3) is 0.167. The number of ketones is 1. The highest BCUT2D eigenvalue weighted by Gasteiger charge is 2.22. The molecule has 0 bridgehead atoms. The zero-order valence-electron chi connectivity index (χ0n) is 11.6. The third kappa shape index (κ3) is 3.53. The molecule has 1 aliphatic rings. The van der Waals surface area contributed by atoms with E-state index in [2.05, 4.69) is 17.4 Å². The lowest BCUT2D eigenvalue weighted by molar-refractivity contribution is -0.115. The van der Waals surface area contributed by atoms with Crippen LogP contribution < -0.4 is 5.32 Å². The standard InChI is InChI=1S/C18H16ClNO/c19-15-6-8-16(9-7-15)20-17-10-14(11-18(21)12-17)13-4-2-1-3-5-13/h1-9,12,14,20H,10-11H2/t14-/m0/s1. The van der Waals surface area contributed by atoms with Gasteiger partial charge in [0.05, 0.1) is 0 Å². The Kier molecular flexibility index (Phi) is 4.07. The van der Waals surface area contributed by atoms with Crippen LogP contribution in [0.1, 0.15) is 24.3 Å². The fourth-order valence-electron chi connectivity index (χ4n) is 2.66. The highest BCUT2D eigenvalue weighted by atomic mass is 35.5. The summed E-state index contributed by atoms with van der Waals surface area (Å²) < 4.78 is 0. The lowest BCUT2D eigenvalue weighted by atomic mass is 9.85. The zero-order valence-corrected chi connectivity index (χ0v) is 12.3. The molecule has 2 aromatic rings. The molecule has 2 nitrogen and oxygen atoms in total. The minimum absolute atomic E-state index is 0.173. The van der Waals surface area contributed by atoms with Gasteiger partial charge in [0.25, 0.3) is 0 Å². The van der Waals surface area contributed by atoms with E-state index in [1.807, 2.05) is 42.5 Å². The second-order valence-electron chi connectivity index (χ2n) is 5.28. The Hall–Kier alpha value is -2.06. The number of carbonyl (C=O) groups excluding carboxylic acids is 1. The zero-order chi connectivity index (χ0) is 14.7. The molecule has 0 fully saturated rings. The summed E-state index contributed by atoms with van der Waals surface area (Å²) in [5, 5.41) is 4.02. The molecule has 1 N–H and O–H groups in total. The second-order valence-corrected chi connectivity index (χ2v) is 5.72. The minimum Gasteiger partial charge on any atom is -0.359 e. The molecule has 3 heteroatoms. The van der Waals surface area contributed by atoms with E-state index in [1.54, 1.807) is 6.08 Å². The predicted molar refractivity (Wildman–Crippen MR) is 86.6 cm³/mol. The van der Waals surface area contributed by atoms with Gasteiger partial charge in [0.15, 0.2) is 5.78 Å². The summed E-state index contributed by atoms with van der Waals surface area (Å²) in [7, 11) is 0. The number of benzene rings is 2. The van der Waals surface area contributed by atoms with Crippen LogP contribution in [-0.2, 0) is 4.79 Å². The topological polar surface area (TPSA) is 29.1 Å². The smallest absolute Gasteiger partial charge is 0.158 e. The summed E-state index contributed by atoms with van der Waals surface area (Å²) >= 11 is 5.88. The van der Waals surface area contributed by atoms with Gasteiger partial charge in [-0.15, -0.1) is 0 Å². The summed E-state index contributed by atoms with van der Waals surface area (Å²) in [4.78, 5) is 12.0. The van der Waals surface area contributed by atoms with Crippen LogP contribution in [0.25, 0.3) is 0 Å². The molecular weight excluding hydrogens is 282 g/mol. The van der Waals surface area contributed by atoms with E-state index < -0.39 is 0 Å². The number of rotatable bonds is 3. The van der Waals surface area contributed by atoms with E-state index in [0.29, 0.717) is 11.4 Å². The summed E-state index contributed by atoms with van der Waals surface area (Å²) in [6.07, 6.45) is 3.14. The summed E-state index contributed by atoms with van der Waals surface area (Å²) in [5.74, 6) is 0.421. The number of allylic oxidation sites excluding steroid dienone is 2. The third-order valence-corrected chi connectivity index (χ3v) is 3.92. The SMILES string of the molecule is O=C1C=C(Nc2ccc(Cl)cc2)C[C@H](c2ccccc2)C1. The van der Waals surface area contributed by atoms with Crippen molar-refractivity contribution in [2.24, 2.45) is 0 Å². The molecule has 3 rings (SSSR count). The van der Waals surface area contributed by atoms with Crippen molar-refractivity contribution < 1.29 is 4.79 Å². The third-order valence-electron chi connectivity index (χ3n) is 3.67. The monoisotopic (exact) mass is 297 g/mol. The first-order valence-electron chi connectivity index (χ1n) is 7.01. The van der Waals surface area contributed by atoms with E-state index in [-0.39, 0.29) is 11.7 Å². The van der Waals surface area contributed by atoms with Crippen LogP contribution in [-0.4, -0.2) is 5.78 Å². The van der Waals surface area contributed by atoms with Crippen LogP contribution >= 0.6 is 11.6 Å². The van der Waals surface area contributed by atoms with E-state index in [1.165, 1.54) is 5.56 Å². The van der Waals surface area contributed by atoms with Gasteiger partial charge in [-0.1, -0.05) is 41.9 Å². The Balaban J connectivity index is 1.76. The first-order chi connectivity index (χ1) is 10.2. The Morgan fingerprint density at radius 1 is 0.952 bits per heavy atom. The highest BCUT2D eigenvalue weighted by molar-refractivity contribution is 6.30. The van der Waals surface area contributed by atoms with Gasteiger partial charge in [-0.2, -0.15) is 0 Å². The molecule has 0 saturated carbocycles. The molecule has 0 aromatic heterocycles. The van der Waals surface area contributed by atoms with Gasteiger partial charge < -0.3 is 5.32 Å². The Bertz CT molecular complexity index is 661. The van der Waals surface area contributed by atoms with Crippen LogP contribution in [0.2, 0.25) is 5.02 Å². The van der Waals surface area contributed by atoms with Gasteiger partial charge in [0, 0.05) is 28.9 Å². The number of hydrogen-bond acceptors (Lipinski definition) is 2. The summed E-state index contributed by atoms with van der Waals surface area (Å²) in [6.45, 7) is 0. The van der Waals surface area contributed by atoms with Crippen molar-refractivity contribution in [3.63, 3.8) is 0 Å². The van der Waals surface area contributed by atoms with Crippen molar-refractivity contribution in [2.75, 3.05) is 5.32 Å². The van der Waals surface area contributed by atoms with E-state index >= 15 is 0 Å². The van der Waals surface area contributed by atoms with Crippen molar-refractivity contribution in [2.45, 2.75) is 18.8 Å². The largest absolute Gasteiger partial charge is 0.359 e. The molecule has 0 heterocycles. The molecule has 2 aromatic carbocycles. The van der Waals surface area contributed by atoms with Crippen LogP contribution in [0.15, 0.2) is 66.4 Å². The summed E-state index contributed by atoms with van der Waals surface area (Å²) in [5.41, 5.74) is 3.13. The number of nitrogens with one attached hydrogen (secondary N) is 1. The first kappa shape index (κ1) is 13.9. The molecule has 21 heavy (non-hydrogen) atoms. The van der Waals surface area contributed by atoms with E-state index in [9.17, 15) is 4.79 Å². The van der Waals surface area contributed by atoms with Crippen LogP contribution in [0.3, 0.4) is 0 Å². The Morgan fingerprint density at radius 3 is 2.38 bits per heavy atom. The fourth-order valence-corrected chi connectivity index (χ4v) is 2.79. The number of carbonyl (C=O) groups is 1. The quantitative estimate of drug-likeness (QED) is 0.883. The second kappa shape index (κ2) is 6.15. The average Bonchev–Trinajstić information content (AvgIpc) is 2.50. The summed E-state index contributed by atoms with van der Waals surface area (Å²) in [6, 6.07) is 17.7. The van der Waals surface area contributed by atoms with Crippen LogP contribution in [0, 0.1) is 0 Å². The lowest BCUT2D eigenvalue weighted by Crippen LogP contribution is -2.16. The van der Waals surface area contributed by atoms with Crippen LogP contribution in [0.5, 0.6) is 0 Å². The molecular formula is C18H16ClNO. The van der Waals surface area contributed by atoms with Crippen LogP contribution in [0.4, 0.5) is 5.69 Å². The van der Waals surface area contributed by atoms with Crippen molar-refractivity contribution in [3.05, 3.63) is 77.0 Å². The Labute approximate surface area is 129 Å². The molecule has 1 atom stereocenters. The maximum absolute atomic E-state index is 12.0. The molecule has 0 radical (unpaired) electrons. The van der Waals surface area contributed by atoms with Gasteiger partial charge in [-0.25, -0.2) is 0 Å². The number of hydrogen-bond donors (Lipinski definition) is 1. The predicted octanol–water partition coefficient (Wildman–Crippen LogP) is 4.78. The number of anilines is 1. The van der Waals surface area contributed by atoms with Crippen molar-refractivity contribution in [1.29, 1.82) is 0 Å². The van der Waals surface area contributed by atoms with E-state index in [4.69, 9.17) is 11.6 Å². The van der Waals surface area contributed by atoms with Crippen molar-refractivity contribution in [1.82, 2.24) is 0 Å². The molecule has 0 saturated heterocycles. The molecule has 106 valence electrons. The van der Waals surface area contributed by atoms with E-state index in [0.717, 1.165) is 17.8 Å². The average molecular weight is 298 g/mol. The molecule has 1 aliphatic carbocycles. The molecule has 0 unspecified atom stereocenters. The number of halogens is 1. The van der Waals surface area contributed by atoms with Gasteiger partial charge in [0.1, 0.15) is 0 Å². The minimum atomic E-state index is 0.173. The van der Waals surface area contributed by atoms with Gasteiger partial charge in [-0.05, 0) is 42.2 Å². The Morgan fingerprint density at radius 2 is 1.67 bits per heavy atom. The van der Waals surface area contributed by atoms with Gasteiger partial charge >= 0.3 is 0 Å². The van der Waals surface area contributed by atoms with Gasteiger partial charge in [-0.3, -0.25) is 4.79 Å². The first-order valence-corrected chi connectivity index (χ1v) is 7.39. The van der Waals surface area contributed by atoms with Crippen molar-refractivity contribution in [3.8, 4) is 0 Å². The molecule has 0 aliphatic heterocycles. The lowest BCUT2D eigenvalue weighted by Gasteiger charge is -2.23. The normalized spacial score (nSPS) is 18.2. The maximum atomic E-state index is 12.0. The van der Waals surface area contributed by atoms with Gasteiger partial charge in [0.2, 0.25) is 0 Å². The highest BCUT2D eigenvalue weighted by Crippen LogP contribution is 2.31. The maximum Gasteiger partial charge on any atom is 0.158 e. The molecule has 0 spiro atoms. The van der Waals surface area contributed by atoms with Crippen molar-refractivity contribution >= 4 is 23.1 Å².